The molecule has 0 amide bonds. The van der Waals surface area contributed by atoms with E-state index in [0.29, 0.717) is 5.56 Å². The summed E-state index contributed by atoms with van der Waals surface area (Å²) in [7, 11) is 8.28. The van der Waals surface area contributed by atoms with Crippen molar-refractivity contribution in [1.29, 1.82) is 0 Å². The molecule has 1 aliphatic carbocycles. The van der Waals surface area contributed by atoms with Gasteiger partial charge in [0.05, 0.1) is 0 Å². The van der Waals surface area contributed by atoms with Gasteiger partial charge in [0.25, 0.3) is 0 Å². The van der Waals surface area contributed by atoms with E-state index in [9.17, 15) is 0 Å². The average Bonchev–Trinajstić information content (AvgIpc) is 0.823. The number of aromatic nitrogens is 4. The van der Waals surface area contributed by atoms with Crippen LogP contribution in [0.5, 0.6) is 0 Å². The highest BCUT2D eigenvalue weighted by Gasteiger charge is 2.38. The quantitative estimate of drug-likeness (QED) is 0.141. The molecule has 0 fully saturated rings. The first-order chi connectivity index (χ1) is 42.3. The van der Waals surface area contributed by atoms with Crippen molar-refractivity contribution < 1.29 is 22.4 Å². The van der Waals surface area contributed by atoms with Crippen LogP contribution in [0.2, 0.25) is 0 Å². The van der Waals surface area contributed by atoms with Gasteiger partial charge in [0.15, 0.2) is 24.8 Å². The maximum Gasteiger partial charge on any atom is 0.212 e. The monoisotopic (exact) mass is 1130 g/mol. The Labute approximate surface area is 519 Å². The standard InChI is InChI=1S/C23H32N.2C20H20N.C19H18N/c1-15-12-21(24(8)14-17(15)3)18-13-20-19(11-16(18)2)22(4,5)9-10-23(20,6)7;1-15-9-7-8-12-18(15)20-13-16(2)19(14-21(20)3)17-10-5-4-6-11-17;1-15-9-11-19(16(2)13-15)20-12-10-18(14-21(20)3)17-7-5-4-6-8-17;1-15-8-6-7-11-18(15)19-13-12-17(14-20(19)2)16-9-4-3-5-10-16/h11-14H,9-10H2,1-8H3;2*4-14H,1-3H3;3-14H,1-2H3/q4*+1/i3D3;;;. The van der Waals surface area contributed by atoms with Crippen molar-refractivity contribution in [1.82, 2.24) is 0 Å². The van der Waals surface area contributed by atoms with Gasteiger partial charge in [0.1, 0.15) is 28.2 Å². The molecule has 0 atom stereocenters. The summed E-state index contributed by atoms with van der Waals surface area (Å²) in [4.78, 5) is 0. The summed E-state index contributed by atoms with van der Waals surface area (Å²) >= 11 is 0. The van der Waals surface area contributed by atoms with E-state index in [2.05, 4.69) is 311 Å². The molecule has 0 saturated carbocycles. The van der Waals surface area contributed by atoms with Gasteiger partial charge in [0, 0.05) is 72.9 Å². The summed E-state index contributed by atoms with van der Waals surface area (Å²) in [6.45, 7) is 22.1. The van der Waals surface area contributed by atoms with E-state index in [1.807, 2.05) is 36.7 Å². The summed E-state index contributed by atoms with van der Waals surface area (Å²) in [5.74, 6) is 0. The highest BCUT2D eigenvalue weighted by atomic mass is 14.9. The van der Waals surface area contributed by atoms with Gasteiger partial charge in [-0.05, 0) is 177 Å². The van der Waals surface area contributed by atoms with Crippen molar-refractivity contribution in [3.8, 4) is 78.4 Å². The van der Waals surface area contributed by atoms with Crippen LogP contribution in [0, 0.1) is 55.3 Å². The fraction of sp³-hybridized carbons (Fsp3) is 0.244. The lowest BCUT2D eigenvalue weighted by atomic mass is 9.62. The van der Waals surface area contributed by atoms with Crippen LogP contribution in [0.1, 0.15) is 100 Å². The molecule has 0 N–H and O–H groups in total. The van der Waals surface area contributed by atoms with Crippen LogP contribution in [0.15, 0.2) is 231 Å². The first kappa shape index (κ1) is 57.6. The van der Waals surface area contributed by atoms with E-state index in [1.165, 1.54) is 130 Å². The lowest BCUT2D eigenvalue weighted by Gasteiger charge is -2.42. The fourth-order valence-corrected chi connectivity index (χ4v) is 12.2. The molecule has 1 aliphatic rings. The van der Waals surface area contributed by atoms with Crippen LogP contribution < -0.4 is 18.3 Å². The number of fused-ring (bicyclic) bond motifs is 1. The zero-order valence-electron chi connectivity index (χ0n) is 56.6. The second kappa shape index (κ2) is 26.6. The largest absolute Gasteiger partial charge is 0.212 e. The first-order valence-electron chi connectivity index (χ1n) is 31.8. The summed E-state index contributed by atoms with van der Waals surface area (Å²) < 4.78 is 31.9. The second-order valence-electron chi connectivity index (χ2n) is 25.1. The van der Waals surface area contributed by atoms with Gasteiger partial charge < -0.3 is 0 Å². The number of aryl methyl sites for hydroxylation is 12. The highest BCUT2D eigenvalue weighted by Crippen LogP contribution is 2.47. The number of benzene rings is 7. The molecule has 4 aromatic heterocycles. The molecule has 0 aliphatic heterocycles. The Bertz CT molecular complexity index is 4290. The van der Waals surface area contributed by atoms with Crippen molar-refractivity contribution >= 4 is 0 Å². The molecule has 0 radical (unpaired) electrons. The van der Waals surface area contributed by atoms with Crippen molar-refractivity contribution in [2.24, 2.45) is 28.2 Å². The van der Waals surface area contributed by atoms with E-state index in [4.69, 9.17) is 4.11 Å². The zero-order chi connectivity index (χ0) is 64.0. The van der Waals surface area contributed by atoms with Gasteiger partial charge >= 0.3 is 0 Å². The van der Waals surface area contributed by atoms with Gasteiger partial charge in [-0.3, -0.25) is 0 Å². The first-order valence-corrected chi connectivity index (χ1v) is 30.3. The average molecular weight is 1130 g/mol. The van der Waals surface area contributed by atoms with E-state index < -0.39 is 6.85 Å². The summed E-state index contributed by atoms with van der Waals surface area (Å²) in [5, 5.41) is 0. The van der Waals surface area contributed by atoms with Crippen LogP contribution in [-0.2, 0) is 39.0 Å². The Morgan fingerprint density at radius 3 is 1.17 bits per heavy atom. The van der Waals surface area contributed by atoms with E-state index in [1.54, 1.807) is 6.20 Å². The molecule has 12 rings (SSSR count). The van der Waals surface area contributed by atoms with Crippen molar-refractivity contribution in [2.45, 2.75) is 107 Å². The Balaban J connectivity index is 0.000000142. The van der Waals surface area contributed by atoms with Crippen molar-refractivity contribution in [2.75, 3.05) is 0 Å². The Morgan fingerprint density at radius 2 is 0.686 bits per heavy atom. The minimum Gasteiger partial charge on any atom is -0.201 e. The predicted molar refractivity (Wildman–Crippen MR) is 362 cm³/mol. The van der Waals surface area contributed by atoms with E-state index >= 15 is 0 Å². The highest BCUT2D eigenvalue weighted by molar-refractivity contribution is 5.71. The number of nitrogens with zero attached hydrogens (tertiary/aromatic N) is 4. The molecule has 4 heteroatoms. The minimum atomic E-state index is -2.09. The number of hydrogen-bond acceptors (Lipinski definition) is 0. The van der Waals surface area contributed by atoms with E-state index in [-0.39, 0.29) is 10.8 Å². The third-order valence-electron chi connectivity index (χ3n) is 17.5. The third-order valence-corrected chi connectivity index (χ3v) is 17.5. The van der Waals surface area contributed by atoms with Crippen molar-refractivity contribution in [3.63, 3.8) is 0 Å². The lowest BCUT2D eigenvalue weighted by Crippen LogP contribution is -2.35. The molecule has 434 valence electrons. The molecular weight excluding hydrogens is 1040 g/mol. The number of pyridine rings is 4. The zero-order valence-corrected chi connectivity index (χ0v) is 53.6. The van der Waals surface area contributed by atoms with Crippen LogP contribution in [-0.4, -0.2) is 0 Å². The Morgan fingerprint density at radius 1 is 0.291 bits per heavy atom. The maximum atomic E-state index is 7.77. The molecule has 0 unspecified atom stereocenters. The normalized spacial score (nSPS) is 13.4. The molecule has 11 aromatic rings. The smallest absolute Gasteiger partial charge is 0.201 e. The van der Waals surface area contributed by atoms with Crippen LogP contribution >= 0.6 is 0 Å². The van der Waals surface area contributed by atoms with Crippen LogP contribution in [0.4, 0.5) is 0 Å². The molecule has 0 saturated heterocycles. The topological polar surface area (TPSA) is 15.5 Å². The van der Waals surface area contributed by atoms with Gasteiger partial charge in [-0.25, -0.2) is 18.3 Å². The lowest BCUT2D eigenvalue weighted by molar-refractivity contribution is -0.660. The summed E-state index contributed by atoms with van der Waals surface area (Å²) in [6.07, 6.45) is 10.8. The van der Waals surface area contributed by atoms with Gasteiger partial charge in [0.2, 0.25) is 22.8 Å². The maximum absolute atomic E-state index is 7.77. The molecule has 7 aromatic carbocycles. The number of rotatable bonds is 7. The fourth-order valence-electron chi connectivity index (χ4n) is 12.2. The Hall–Kier alpha value is -8.86. The van der Waals surface area contributed by atoms with Gasteiger partial charge in [-0.2, -0.15) is 0 Å². The Kier molecular flexibility index (Phi) is 17.8. The summed E-state index contributed by atoms with van der Waals surface area (Å²) in [5.41, 5.74) is 29.7. The third kappa shape index (κ3) is 14.1. The SMILES string of the molecule is Cc1cc(-c2ccccc2C)[n+](C)cc1-c1ccccc1.Cc1ccc(-c2ccc(-c3ccccc3)c[n+]2C)c(C)c1.Cc1ccccc1-c1ccc(-c2ccccc2)c[n+]1C.[2H]C([2H])([2H])c1c[n+](C)c(-c2cc3c(cc2C)C(C)(C)CCC3(C)C)cc1C. The minimum absolute atomic E-state index is 0.152. The van der Waals surface area contributed by atoms with Crippen LogP contribution in [0.3, 0.4) is 0 Å². The molecule has 4 nitrogen and oxygen atoms in total. The molecule has 0 spiro atoms. The second-order valence-corrected chi connectivity index (χ2v) is 25.1. The van der Waals surface area contributed by atoms with E-state index in [0.717, 1.165) is 11.3 Å². The summed E-state index contributed by atoms with van der Waals surface area (Å²) in [6, 6.07) is 73.0. The predicted octanol–water partition coefficient (Wildman–Crippen LogP) is 18.5. The van der Waals surface area contributed by atoms with Crippen LogP contribution in [0.25, 0.3) is 78.4 Å². The molecule has 86 heavy (non-hydrogen) atoms. The molecular formula is C82H90N4+4. The number of hydrogen-bond donors (Lipinski definition) is 0. The van der Waals surface area contributed by atoms with Gasteiger partial charge in [-0.1, -0.05) is 179 Å². The molecule has 0 bridgehead atoms. The molecule has 4 heterocycles. The van der Waals surface area contributed by atoms with Gasteiger partial charge in [-0.15, -0.1) is 0 Å². The van der Waals surface area contributed by atoms with Crippen molar-refractivity contribution in [3.05, 3.63) is 287 Å².